The standard InChI is InChI=1S/C24H16Br2N4/c25-17-5-9-19(10-6-17)27-23-24(28-20-11-7-18(26)8-12-20)30-22-14-16-4-2-1-3-15(16)13-21(22)29-23/h1-14H,(H,27,29)(H,28,30). The van der Waals surface area contributed by atoms with Gasteiger partial charge in [-0.1, -0.05) is 56.1 Å². The number of hydrogen-bond donors (Lipinski definition) is 2. The monoisotopic (exact) mass is 518 g/mol. The minimum atomic E-state index is 0.669. The molecule has 4 aromatic carbocycles. The highest BCUT2D eigenvalue weighted by Gasteiger charge is 2.11. The Morgan fingerprint density at radius 3 is 1.33 bits per heavy atom. The highest BCUT2D eigenvalue weighted by Crippen LogP contribution is 2.30. The zero-order chi connectivity index (χ0) is 20.5. The van der Waals surface area contributed by atoms with Crippen molar-refractivity contribution in [1.29, 1.82) is 0 Å². The Kier molecular flexibility index (Phi) is 5.11. The summed E-state index contributed by atoms with van der Waals surface area (Å²) in [4.78, 5) is 9.80. The van der Waals surface area contributed by atoms with E-state index in [2.05, 4.69) is 66.8 Å². The van der Waals surface area contributed by atoms with Crippen molar-refractivity contribution in [2.24, 2.45) is 0 Å². The van der Waals surface area contributed by atoms with Gasteiger partial charge in [0.1, 0.15) is 0 Å². The third kappa shape index (κ3) is 4.01. The van der Waals surface area contributed by atoms with Gasteiger partial charge in [-0.05, 0) is 71.4 Å². The molecule has 5 rings (SSSR count). The summed E-state index contributed by atoms with van der Waals surface area (Å²) in [6.07, 6.45) is 0. The van der Waals surface area contributed by atoms with Crippen LogP contribution in [0.1, 0.15) is 0 Å². The lowest BCUT2D eigenvalue weighted by atomic mass is 10.1. The number of rotatable bonds is 4. The predicted molar refractivity (Wildman–Crippen MR) is 132 cm³/mol. The zero-order valence-electron chi connectivity index (χ0n) is 15.7. The van der Waals surface area contributed by atoms with Crippen LogP contribution in [0.4, 0.5) is 23.0 Å². The molecule has 0 aliphatic heterocycles. The van der Waals surface area contributed by atoms with Crippen LogP contribution in [-0.4, -0.2) is 9.97 Å². The lowest BCUT2D eigenvalue weighted by Gasteiger charge is -2.14. The number of nitrogens with zero attached hydrogens (tertiary/aromatic N) is 2. The zero-order valence-corrected chi connectivity index (χ0v) is 18.9. The Morgan fingerprint density at radius 2 is 0.933 bits per heavy atom. The molecule has 0 saturated heterocycles. The summed E-state index contributed by atoms with van der Waals surface area (Å²) >= 11 is 6.96. The summed E-state index contributed by atoms with van der Waals surface area (Å²) in [6, 6.07) is 28.4. The first kappa shape index (κ1) is 19.0. The van der Waals surface area contributed by atoms with Gasteiger partial charge >= 0.3 is 0 Å². The molecule has 146 valence electrons. The summed E-state index contributed by atoms with van der Waals surface area (Å²) in [5.74, 6) is 1.34. The summed E-state index contributed by atoms with van der Waals surface area (Å²) in [5.41, 5.74) is 3.56. The molecule has 0 aliphatic carbocycles. The number of fused-ring (bicyclic) bond motifs is 2. The van der Waals surface area contributed by atoms with E-state index in [1.807, 2.05) is 60.7 Å². The topological polar surface area (TPSA) is 49.8 Å². The molecule has 2 N–H and O–H groups in total. The molecule has 6 heteroatoms. The van der Waals surface area contributed by atoms with Crippen molar-refractivity contribution < 1.29 is 0 Å². The van der Waals surface area contributed by atoms with E-state index < -0.39 is 0 Å². The number of anilines is 4. The Labute approximate surface area is 190 Å². The largest absolute Gasteiger partial charge is 0.337 e. The van der Waals surface area contributed by atoms with Crippen molar-refractivity contribution in [3.05, 3.63) is 93.9 Å². The Bertz CT molecular complexity index is 1240. The lowest BCUT2D eigenvalue weighted by Crippen LogP contribution is -2.03. The van der Waals surface area contributed by atoms with E-state index in [9.17, 15) is 0 Å². The van der Waals surface area contributed by atoms with Crippen molar-refractivity contribution in [3.8, 4) is 0 Å². The Morgan fingerprint density at radius 1 is 0.533 bits per heavy atom. The van der Waals surface area contributed by atoms with Crippen LogP contribution in [-0.2, 0) is 0 Å². The van der Waals surface area contributed by atoms with E-state index in [-0.39, 0.29) is 0 Å². The third-order valence-corrected chi connectivity index (χ3v) is 5.80. The molecule has 0 saturated carbocycles. The van der Waals surface area contributed by atoms with E-state index >= 15 is 0 Å². The highest BCUT2D eigenvalue weighted by atomic mass is 79.9. The molecule has 5 aromatic rings. The van der Waals surface area contributed by atoms with Crippen LogP contribution in [0, 0.1) is 0 Å². The van der Waals surface area contributed by atoms with Crippen molar-refractivity contribution in [2.75, 3.05) is 10.6 Å². The average molecular weight is 520 g/mol. The summed E-state index contributed by atoms with van der Waals surface area (Å²) in [7, 11) is 0. The van der Waals surface area contributed by atoms with E-state index in [0.717, 1.165) is 42.1 Å². The predicted octanol–water partition coefficient (Wildman–Crippen LogP) is 7.80. The number of aromatic nitrogens is 2. The van der Waals surface area contributed by atoms with Crippen LogP contribution in [0.2, 0.25) is 0 Å². The summed E-state index contributed by atoms with van der Waals surface area (Å²) < 4.78 is 2.05. The van der Waals surface area contributed by atoms with Gasteiger partial charge in [-0.15, -0.1) is 0 Å². The molecule has 0 spiro atoms. The third-order valence-electron chi connectivity index (χ3n) is 4.75. The SMILES string of the molecule is Brc1ccc(Nc2nc3cc4ccccc4cc3nc2Nc2ccc(Br)cc2)cc1. The van der Waals surface area contributed by atoms with Crippen LogP contribution >= 0.6 is 31.9 Å². The first-order valence-corrected chi connectivity index (χ1v) is 11.0. The first-order valence-electron chi connectivity index (χ1n) is 9.40. The van der Waals surface area contributed by atoms with Gasteiger partial charge in [-0.2, -0.15) is 0 Å². The minimum absolute atomic E-state index is 0.669. The van der Waals surface area contributed by atoms with E-state index in [0.29, 0.717) is 11.6 Å². The van der Waals surface area contributed by atoms with Crippen LogP contribution in [0.25, 0.3) is 21.8 Å². The van der Waals surface area contributed by atoms with E-state index in [4.69, 9.17) is 9.97 Å². The quantitative estimate of drug-likeness (QED) is 0.238. The second-order valence-electron chi connectivity index (χ2n) is 6.87. The van der Waals surface area contributed by atoms with Gasteiger partial charge in [0.2, 0.25) is 0 Å². The van der Waals surface area contributed by atoms with Gasteiger partial charge in [-0.25, -0.2) is 9.97 Å². The highest BCUT2D eigenvalue weighted by molar-refractivity contribution is 9.10. The van der Waals surface area contributed by atoms with E-state index in [1.165, 1.54) is 0 Å². The molecule has 0 aliphatic rings. The number of benzene rings is 4. The maximum atomic E-state index is 4.90. The summed E-state index contributed by atoms with van der Waals surface area (Å²) in [5, 5.41) is 9.09. The summed E-state index contributed by atoms with van der Waals surface area (Å²) in [6.45, 7) is 0. The molecule has 0 amide bonds. The minimum Gasteiger partial charge on any atom is -0.337 e. The van der Waals surface area contributed by atoms with Gasteiger partial charge < -0.3 is 10.6 Å². The molecule has 0 bridgehead atoms. The van der Waals surface area contributed by atoms with Crippen molar-refractivity contribution >= 4 is 76.7 Å². The lowest BCUT2D eigenvalue weighted by molar-refractivity contribution is 1.27. The second kappa shape index (κ2) is 8.05. The van der Waals surface area contributed by atoms with Crippen molar-refractivity contribution in [1.82, 2.24) is 9.97 Å². The van der Waals surface area contributed by atoms with Crippen molar-refractivity contribution in [2.45, 2.75) is 0 Å². The molecule has 0 radical (unpaired) electrons. The molecule has 0 unspecified atom stereocenters. The molecule has 1 aromatic heterocycles. The van der Waals surface area contributed by atoms with Crippen molar-refractivity contribution in [3.63, 3.8) is 0 Å². The number of halogens is 2. The Hall–Kier alpha value is -2.96. The van der Waals surface area contributed by atoms with Crippen LogP contribution in [0.5, 0.6) is 0 Å². The normalized spacial score (nSPS) is 11.0. The smallest absolute Gasteiger partial charge is 0.174 e. The molecule has 30 heavy (non-hydrogen) atoms. The fourth-order valence-corrected chi connectivity index (χ4v) is 3.79. The van der Waals surface area contributed by atoms with Gasteiger partial charge in [0.05, 0.1) is 11.0 Å². The maximum absolute atomic E-state index is 4.90. The Balaban J connectivity index is 1.63. The molecule has 4 nitrogen and oxygen atoms in total. The van der Waals surface area contributed by atoms with Crippen LogP contribution in [0.15, 0.2) is 93.9 Å². The second-order valence-corrected chi connectivity index (χ2v) is 8.70. The molecule has 1 heterocycles. The van der Waals surface area contributed by atoms with Crippen LogP contribution < -0.4 is 10.6 Å². The maximum Gasteiger partial charge on any atom is 0.174 e. The fraction of sp³-hybridized carbons (Fsp3) is 0. The van der Waals surface area contributed by atoms with E-state index in [1.54, 1.807) is 0 Å². The molecular formula is C24H16Br2N4. The van der Waals surface area contributed by atoms with Gasteiger partial charge in [0.15, 0.2) is 11.6 Å². The average Bonchev–Trinajstić information content (AvgIpc) is 2.76. The van der Waals surface area contributed by atoms with Gasteiger partial charge in [-0.3, -0.25) is 0 Å². The molecular weight excluding hydrogens is 504 g/mol. The molecule has 0 fully saturated rings. The first-order chi connectivity index (χ1) is 14.6. The number of nitrogens with one attached hydrogen (secondary N) is 2. The molecule has 0 atom stereocenters. The van der Waals surface area contributed by atoms with Gasteiger partial charge in [0, 0.05) is 20.3 Å². The van der Waals surface area contributed by atoms with Gasteiger partial charge in [0.25, 0.3) is 0 Å². The van der Waals surface area contributed by atoms with Crippen LogP contribution in [0.3, 0.4) is 0 Å². The number of hydrogen-bond acceptors (Lipinski definition) is 4. The fourth-order valence-electron chi connectivity index (χ4n) is 3.26.